The molecule has 0 bridgehead atoms. The minimum atomic E-state index is -1.51. The van der Waals surface area contributed by atoms with Gasteiger partial charge in [-0.15, -0.1) is 0 Å². The van der Waals surface area contributed by atoms with Crippen molar-refractivity contribution in [1.82, 2.24) is 5.32 Å². The molecule has 1 amide bonds. The van der Waals surface area contributed by atoms with Crippen LogP contribution in [0.4, 0.5) is 0 Å². The molecule has 0 fully saturated rings. The summed E-state index contributed by atoms with van der Waals surface area (Å²) in [5.74, 6) is -1.20. The number of nitrogens with one attached hydrogen (secondary N) is 1. The molecule has 1 aromatic rings. The van der Waals surface area contributed by atoms with Gasteiger partial charge in [0.1, 0.15) is 5.75 Å². The number of methoxy groups -OCH3 is 1. The third-order valence-corrected chi connectivity index (χ3v) is 3.68. The molecule has 0 aliphatic carbocycles. The van der Waals surface area contributed by atoms with Crippen LogP contribution in [0.5, 0.6) is 5.75 Å². The van der Waals surface area contributed by atoms with E-state index in [0.29, 0.717) is 5.75 Å². The summed E-state index contributed by atoms with van der Waals surface area (Å²) in [5, 5.41) is 11.7. The number of rotatable bonds is 7. The summed E-state index contributed by atoms with van der Waals surface area (Å²) < 4.78 is 11.2. The molecule has 0 saturated heterocycles. The summed E-state index contributed by atoms with van der Waals surface area (Å²) in [5.41, 5.74) is -0.455. The largest absolute Gasteiger partial charge is 0.480 e. The molecule has 1 rings (SSSR count). The van der Waals surface area contributed by atoms with Crippen LogP contribution in [-0.4, -0.2) is 42.3 Å². The van der Waals surface area contributed by atoms with Gasteiger partial charge >= 0.3 is 5.97 Å². The molecule has 0 spiro atoms. The monoisotopic (exact) mass is 373 g/mol. The summed E-state index contributed by atoms with van der Waals surface area (Å²) in [6.45, 7) is 4.73. The van der Waals surface area contributed by atoms with E-state index in [9.17, 15) is 14.7 Å². The van der Waals surface area contributed by atoms with Crippen LogP contribution in [0, 0.1) is 6.92 Å². The van der Waals surface area contributed by atoms with Crippen molar-refractivity contribution in [2.75, 3.05) is 13.7 Å². The number of halogens is 1. The van der Waals surface area contributed by atoms with Gasteiger partial charge in [0.2, 0.25) is 0 Å². The highest BCUT2D eigenvalue weighted by Gasteiger charge is 2.36. The van der Waals surface area contributed by atoms with E-state index < -0.39 is 23.5 Å². The number of carbonyl (C=O) groups is 2. The quantitative estimate of drug-likeness (QED) is 0.764. The van der Waals surface area contributed by atoms with E-state index in [4.69, 9.17) is 9.47 Å². The Kier molecular flexibility index (Phi) is 6.37. The molecule has 22 heavy (non-hydrogen) atoms. The third kappa shape index (κ3) is 4.71. The van der Waals surface area contributed by atoms with Crippen LogP contribution >= 0.6 is 15.9 Å². The number of aryl methyl sites for hydroxylation is 1. The number of carbonyl (C=O) groups excluding carboxylic acids is 1. The first-order chi connectivity index (χ1) is 10.2. The number of aliphatic carboxylic acids is 1. The second-order valence-corrected chi connectivity index (χ2v) is 6.11. The van der Waals surface area contributed by atoms with Crippen LogP contribution in [0.25, 0.3) is 0 Å². The van der Waals surface area contributed by atoms with Gasteiger partial charge in [-0.1, -0.05) is 6.07 Å². The molecule has 0 aliphatic heterocycles. The van der Waals surface area contributed by atoms with E-state index in [0.717, 1.165) is 10.0 Å². The highest BCUT2D eigenvalue weighted by Crippen LogP contribution is 2.26. The average Bonchev–Trinajstić information content (AvgIpc) is 2.41. The Hall–Kier alpha value is -1.60. The van der Waals surface area contributed by atoms with Gasteiger partial charge in [-0.25, -0.2) is 4.79 Å². The number of benzene rings is 1. The molecule has 7 heteroatoms. The minimum absolute atomic E-state index is 0.144. The standard InChI is InChI=1S/C15H20BrNO5/c1-9-5-6-12(11(16)7-9)22-10(2)13(18)17-15(3,8-21-4)14(19)20/h5-7,10H,8H2,1-4H3,(H,17,18)(H,19,20). The smallest absolute Gasteiger partial charge is 0.331 e. The second-order valence-electron chi connectivity index (χ2n) is 5.25. The van der Waals surface area contributed by atoms with Crippen molar-refractivity contribution in [2.24, 2.45) is 0 Å². The van der Waals surface area contributed by atoms with Gasteiger partial charge < -0.3 is 19.9 Å². The van der Waals surface area contributed by atoms with E-state index >= 15 is 0 Å². The summed E-state index contributed by atoms with van der Waals surface area (Å²) in [6.07, 6.45) is -0.852. The maximum atomic E-state index is 12.2. The van der Waals surface area contributed by atoms with Gasteiger partial charge in [0.05, 0.1) is 11.1 Å². The fourth-order valence-corrected chi connectivity index (χ4v) is 2.35. The van der Waals surface area contributed by atoms with Crippen molar-refractivity contribution < 1.29 is 24.2 Å². The fourth-order valence-electron chi connectivity index (χ4n) is 1.76. The zero-order valence-corrected chi connectivity index (χ0v) is 14.6. The molecule has 2 unspecified atom stereocenters. The highest BCUT2D eigenvalue weighted by molar-refractivity contribution is 9.10. The second kappa shape index (κ2) is 7.60. The van der Waals surface area contributed by atoms with E-state index in [-0.39, 0.29) is 6.61 Å². The van der Waals surface area contributed by atoms with Gasteiger partial charge in [-0.2, -0.15) is 0 Å². The zero-order chi connectivity index (χ0) is 16.9. The van der Waals surface area contributed by atoms with E-state index in [1.807, 2.05) is 19.1 Å². The molecule has 2 N–H and O–H groups in total. The van der Waals surface area contributed by atoms with Gasteiger partial charge in [0, 0.05) is 7.11 Å². The van der Waals surface area contributed by atoms with Crippen molar-refractivity contribution in [3.8, 4) is 5.75 Å². The van der Waals surface area contributed by atoms with E-state index in [1.54, 1.807) is 13.0 Å². The molecule has 2 atom stereocenters. The number of amides is 1. The van der Waals surface area contributed by atoms with Crippen LogP contribution in [0.3, 0.4) is 0 Å². The molecule has 6 nitrogen and oxygen atoms in total. The normalized spacial score (nSPS) is 14.8. The lowest BCUT2D eigenvalue weighted by Crippen LogP contribution is -2.57. The molecule has 0 aliphatic rings. The first-order valence-electron chi connectivity index (χ1n) is 6.67. The molecular formula is C15H20BrNO5. The lowest BCUT2D eigenvalue weighted by Gasteiger charge is -2.27. The van der Waals surface area contributed by atoms with Gasteiger partial charge in [0.15, 0.2) is 11.6 Å². The average molecular weight is 374 g/mol. The summed E-state index contributed by atoms with van der Waals surface area (Å²) in [6, 6.07) is 5.47. The first kappa shape index (κ1) is 18.4. The van der Waals surface area contributed by atoms with Crippen LogP contribution in [-0.2, 0) is 14.3 Å². The number of carboxylic acids is 1. The van der Waals surface area contributed by atoms with Gasteiger partial charge in [-0.3, -0.25) is 4.79 Å². The lowest BCUT2D eigenvalue weighted by atomic mass is 10.0. The maximum Gasteiger partial charge on any atom is 0.331 e. The molecular weight excluding hydrogens is 354 g/mol. The van der Waals surface area contributed by atoms with Crippen molar-refractivity contribution in [1.29, 1.82) is 0 Å². The Morgan fingerprint density at radius 3 is 2.59 bits per heavy atom. The summed E-state index contributed by atoms with van der Waals surface area (Å²) in [7, 11) is 1.37. The van der Waals surface area contributed by atoms with Crippen molar-refractivity contribution >= 4 is 27.8 Å². The Morgan fingerprint density at radius 2 is 2.09 bits per heavy atom. The zero-order valence-electron chi connectivity index (χ0n) is 13.0. The summed E-state index contributed by atoms with van der Waals surface area (Å²) in [4.78, 5) is 23.4. The van der Waals surface area contributed by atoms with Crippen LogP contribution < -0.4 is 10.1 Å². The van der Waals surface area contributed by atoms with E-state index in [1.165, 1.54) is 14.0 Å². The molecule has 0 saturated carbocycles. The molecule has 1 aromatic carbocycles. The van der Waals surface area contributed by atoms with Gasteiger partial charge in [0.25, 0.3) is 5.91 Å². The maximum absolute atomic E-state index is 12.2. The van der Waals surface area contributed by atoms with Crippen molar-refractivity contribution in [3.05, 3.63) is 28.2 Å². The molecule has 122 valence electrons. The SMILES string of the molecule is COCC(C)(NC(=O)C(C)Oc1ccc(C)cc1Br)C(=O)O. The molecule has 0 heterocycles. The van der Waals surface area contributed by atoms with Crippen LogP contribution in [0.15, 0.2) is 22.7 Å². The summed E-state index contributed by atoms with van der Waals surface area (Å²) >= 11 is 3.36. The Labute approximate surface area is 137 Å². The number of hydrogen-bond acceptors (Lipinski definition) is 4. The Balaban J connectivity index is 2.78. The van der Waals surface area contributed by atoms with Gasteiger partial charge in [-0.05, 0) is 54.4 Å². The van der Waals surface area contributed by atoms with Crippen LogP contribution in [0.2, 0.25) is 0 Å². The highest BCUT2D eigenvalue weighted by atomic mass is 79.9. The van der Waals surface area contributed by atoms with Crippen LogP contribution in [0.1, 0.15) is 19.4 Å². The van der Waals surface area contributed by atoms with Crippen molar-refractivity contribution in [2.45, 2.75) is 32.4 Å². The predicted octanol–water partition coefficient (Wildman–Crippen LogP) is 2.13. The first-order valence-corrected chi connectivity index (χ1v) is 7.46. The fraction of sp³-hybridized carbons (Fsp3) is 0.467. The van der Waals surface area contributed by atoms with Crippen molar-refractivity contribution in [3.63, 3.8) is 0 Å². The molecule has 0 radical (unpaired) electrons. The number of carboxylic acid groups (broad SMARTS) is 1. The lowest BCUT2D eigenvalue weighted by molar-refractivity contribution is -0.150. The number of ether oxygens (including phenoxy) is 2. The topological polar surface area (TPSA) is 84.9 Å². The van der Waals surface area contributed by atoms with E-state index in [2.05, 4.69) is 21.2 Å². The molecule has 0 aromatic heterocycles. The Morgan fingerprint density at radius 1 is 1.45 bits per heavy atom. The minimum Gasteiger partial charge on any atom is -0.480 e. The predicted molar refractivity (Wildman–Crippen MR) is 85.0 cm³/mol. The Bertz CT molecular complexity index is 563. The third-order valence-electron chi connectivity index (χ3n) is 3.06. The number of hydrogen-bond donors (Lipinski definition) is 2.